The highest BCUT2D eigenvalue weighted by Gasteiger charge is 2.37. The first kappa shape index (κ1) is 41.6. The van der Waals surface area contributed by atoms with Crippen molar-refractivity contribution in [1.82, 2.24) is 24.9 Å². The normalized spacial score (nSPS) is 17.8. The number of likely N-dealkylation sites (tertiary alicyclic amines) is 2. The van der Waals surface area contributed by atoms with Crippen LogP contribution in [0.25, 0.3) is 0 Å². The topological polar surface area (TPSA) is 93.3 Å². The molecule has 256 valence electrons. The molecule has 0 aromatic carbocycles. The Bertz CT molecular complexity index is 858. The van der Waals surface area contributed by atoms with Gasteiger partial charge < -0.3 is 24.9 Å². The highest BCUT2D eigenvalue weighted by Crippen LogP contribution is 2.23. The first-order valence-corrected chi connectivity index (χ1v) is 17.2. The van der Waals surface area contributed by atoms with E-state index in [9.17, 15) is 19.2 Å². The molecule has 2 atom stereocenters. The van der Waals surface area contributed by atoms with E-state index >= 15 is 0 Å². The predicted octanol–water partition coefficient (Wildman–Crippen LogP) is 5.34. The minimum absolute atomic E-state index is 0.0370. The largest absolute Gasteiger partial charge is 0.350 e. The van der Waals surface area contributed by atoms with Crippen LogP contribution < -0.4 is 5.32 Å². The second-order valence-electron chi connectivity index (χ2n) is 13.5. The van der Waals surface area contributed by atoms with Gasteiger partial charge in [0.1, 0.15) is 6.04 Å². The summed E-state index contributed by atoms with van der Waals surface area (Å²) in [6.45, 7) is 25.4. The summed E-state index contributed by atoms with van der Waals surface area (Å²) in [6.07, 6.45) is 9.85. The highest BCUT2D eigenvalue weighted by atomic mass is 16.2. The summed E-state index contributed by atoms with van der Waals surface area (Å²) in [4.78, 5) is 56.9. The molecule has 0 aromatic rings. The molecule has 2 fully saturated rings. The number of carbonyl (C=O) groups is 4. The lowest BCUT2D eigenvalue weighted by Crippen LogP contribution is -2.48. The number of likely N-dealkylation sites (N-methyl/N-ethyl adjacent to an activating group) is 1. The minimum atomic E-state index is -0.414. The van der Waals surface area contributed by atoms with E-state index in [1.54, 1.807) is 23.8 Å². The molecule has 44 heavy (non-hydrogen) atoms. The zero-order valence-electron chi connectivity index (χ0n) is 30.2. The van der Waals surface area contributed by atoms with Crippen LogP contribution in [-0.4, -0.2) is 108 Å². The van der Waals surface area contributed by atoms with Gasteiger partial charge in [0.05, 0.1) is 12.6 Å². The molecule has 0 aromatic heterocycles. The molecule has 0 spiro atoms. The maximum Gasteiger partial charge on any atom is 0.249 e. The maximum atomic E-state index is 13.2. The Balaban J connectivity index is 0.00000117. The second kappa shape index (κ2) is 23.0. The van der Waals surface area contributed by atoms with Crippen molar-refractivity contribution in [2.75, 3.05) is 46.3 Å². The number of hydrogen-bond donors (Lipinski definition) is 1. The number of carbonyl (C=O) groups excluding carboxylic acids is 4. The van der Waals surface area contributed by atoms with Crippen LogP contribution >= 0.6 is 0 Å². The Labute approximate surface area is 270 Å². The van der Waals surface area contributed by atoms with Crippen LogP contribution in [0.3, 0.4) is 0 Å². The van der Waals surface area contributed by atoms with Gasteiger partial charge in [-0.1, -0.05) is 61.0 Å². The molecule has 0 saturated carbocycles. The van der Waals surface area contributed by atoms with E-state index in [1.807, 2.05) is 24.8 Å². The quantitative estimate of drug-likeness (QED) is 0.221. The van der Waals surface area contributed by atoms with Gasteiger partial charge in [0.15, 0.2) is 0 Å². The zero-order valence-corrected chi connectivity index (χ0v) is 30.2. The Morgan fingerprint density at radius 1 is 0.886 bits per heavy atom. The molecular weight excluding hydrogens is 554 g/mol. The van der Waals surface area contributed by atoms with Crippen molar-refractivity contribution >= 4 is 24.1 Å². The molecule has 2 aliphatic heterocycles. The SMILES string of the molecule is CC(C)C.CC(C)N1CCCCC1.CCCN(CCC)C(=O)[C@@H]1CCCN1C(=O)/C(C)=C/C(C(C)C)N(C)C(=O)CNC=O. The lowest BCUT2D eigenvalue weighted by molar-refractivity contribution is -0.142. The maximum absolute atomic E-state index is 13.2. The van der Waals surface area contributed by atoms with E-state index in [1.165, 1.54) is 32.4 Å². The summed E-state index contributed by atoms with van der Waals surface area (Å²) in [5.74, 6) is 0.566. The van der Waals surface area contributed by atoms with Gasteiger partial charge in [-0.15, -0.1) is 0 Å². The molecule has 9 nitrogen and oxygen atoms in total. The summed E-state index contributed by atoms with van der Waals surface area (Å²) in [6, 6.07) is 0.0613. The predicted molar refractivity (Wildman–Crippen MR) is 182 cm³/mol. The number of amides is 4. The molecule has 4 amide bonds. The van der Waals surface area contributed by atoms with Crippen LogP contribution in [0.1, 0.15) is 114 Å². The van der Waals surface area contributed by atoms with E-state index in [4.69, 9.17) is 0 Å². The van der Waals surface area contributed by atoms with Crippen molar-refractivity contribution in [3.8, 4) is 0 Å². The average molecular weight is 622 g/mol. The van der Waals surface area contributed by atoms with Gasteiger partial charge in [0.25, 0.3) is 0 Å². The van der Waals surface area contributed by atoms with Crippen LogP contribution in [0, 0.1) is 11.8 Å². The molecule has 9 heteroatoms. The van der Waals surface area contributed by atoms with Gasteiger partial charge >= 0.3 is 0 Å². The number of hydrogen-bond acceptors (Lipinski definition) is 5. The van der Waals surface area contributed by atoms with Gasteiger partial charge in [-0.05, 0) is 84.2 Å². The van der Waals surface area contributed by atoms with Crippen molar-refractivity contribution in [3.05, 3.63) is 11.6 Å². The molecule has 2 aliphatic rings. The number of nitrogens with zero attached hydrogens (tertiary/aromatic N) is 4. The fourth-order valence-electron chi connectivity index (χ4n) is 5.51. The lowest BCUT2D eigenvalue weighted by Gasteiger charge is -2.32. The van der Waals surface area contributed by atoms with Crippen molar-refractivity contribution in [2.45, 2.75) is 132 Å². The molecule has 2 rings (SSSR count). The Morgan fingerprint density at radius 3 is 1.86 bits per heavy atom. The summed E-state index contributed by atoms with van der Waals surface area (Å²) < 4.78 is 0. The Morgan fingerprint density at radius 2 is 1.43 bits per heavy atom. The van der Waals surface area contributed by atoms with Crippen LogP contribution in [0.2, 0.25) is 0 Å². The fourth-order valence-corrected chi connectivity index (χ4v) is 5.51. The van der Waals surface area contributed by atoms with E-state index in [2.05, 4.69) is 58.7 Å². The summed E-state index contributed by atoms with van der Waals surface area (Å²) in [5.41, 5.74) is 0.527. The van der Waals surface area contributed by atoms with Crippen LogP contribution in [-0.2, 0) is 19.2 Å². The van der Waals surface area contributed by atoms with Crippen molar-refractivity contribution in [3.63, 3.8) is 0 Å². The van der Waals surface area contributed by atoms with Crippen molar-refractivity contribution in [1.29, 1.82) is 0 Å². The van der Waals surface area contributed by atoms with Crippen molar-refractivity contribution < 1.29 is 19.2 Å². The third-order valence-electron chi connectivity index (χ3n) is 7.84. The van der Waals surface area contributed by atoms with E-state index in [0.717, 1.165) is 31.2 Å². The van der Waals surface area contributed by atoms with Gasteiger partial charge in [0.2, 0.25) is 24.1 Å². The monoisotopic (exact) mass is 622 g/mol. The third kappa shape index (κ3) is 15.5. The fraction of sp³-hybridized carbons (Fsp3) is 0.829. The van der Waals surface area contributed by atoms with Crippen LogP contribution in [0.15, 0.2) is 11.6 Å². The first-order valence-electron chi connectivity index (χ1n) is 17.2. The summed E-state index contributed by atoms with van der Waals surface area (Å²) >= 11 is 0. The number of rotatable bonds is 13. The standard InChI is InChI=1S/C23H40N4O4.C8H17N.C4H10/c1-7-11-26(12-8-2)23(31)19-10-9-13-27(19)22(30)18(5)14-20(17(3)4)25(6)21(29)15-24-16-28;1-8(2)9-6-4-3-5-7-9;1-4(2)3/h14,16-17,19-20H,7-13,15H2,1-6H3,(H,24,28);8H,3-7H2,1-2H3;4H,1-3H3/b18-14+;;/t19-,20?;;/m0../s1. The summed E-state index contributed by atoms with van der Waals surface area (Å²) in [7, 11) is 1.67. The van der Waals surface area contributed by atoms with E-state index < -0.39 is 6.04 Å². The summed E-state index contributed by atoms with van der Waals surface area (Å²) in [5, 5.41) is 2.38. The smallest absolute Gasteiger partial charge is 0.249 e. The van der Waals surface area contributed by atoms with Crippen molar-refractivity contribution in [2.24, 2.45) is 11.8 Å². The van der Waals surface area contributed by atoms with Gasteiger partial charge in [-0.3, -0.25) is 19.2 Å². The molecular formula is C35H67N5O4. The lowest BCUT2D eigenvalue weighted by atomic mass is 9.99. The van der Waals surface area contributed by atoms with E-state index in [-0.39, 0.29) is 36.2 Å². The van der Waals surface area contributed by atoms with Crippen LogP contribution in [0.5, 0.6) is 0 Å². The second-order valence-corrected chi connectivity index (χ2v) is 13.5. The number of piperidine rings is 1. The highest BCUT2D eigenvalue weighted by molar-refractivity contribution is 5.97. The molecule has 0 aliphatic carbocycles. The number of nitrogens with one attached hydrogen (secondary N) is 1. The Hall–Kier alpha value is -2.42. The average Bonchev–Trinajstić information content (AvgIpc) is 3.47. The van der Waals surface area contributed by atoms with Gasteiger partial charge in [0, 0.05) is 38.3 Å². The molecule has 2 heterocycles. The molecule has 0 radical (unpaired) electrons. The molecule has 1 unspecified atom stereocenters. The third-order valence-corrected chi connectivity index (χ3v) is 7.84. The van der Waals surface area contributed by atoms with E-state index in [0.29, 0.717) is 38.0 Å². The van der Waals surface area contributed by atoms with Gasteiger partial charge in [-0.2, -0.15) is 0 Å². The first-order chi connectivity index (χ1) is 20.7. The van der Waals surface area contributed by atoms with Gasteiger partial charge in [-0.25, -0.2) is 0 Å². The Kier molecular flexibility index (Phi) is 21.7. The minimum Gasteiger partial charge on any atom is -0.350 e. The zero-order chi connectivity index (χ0) is 33.8. The molecule has 2 saturated heterocycles. The molecule has 0 bridgehead atoms. The molecule has 1 N–H and O–H groups in total. The van der Waals surface area contributed by atoms with Crippen LogP contribution in [0.4, 0.5) is 0 Å².